The van der Waals surface area contributed by atoms with Crippen LogP contribution in [0.4, 0.5) is 0 Å². The van der Waals surface area contributed by atoms with Crippen molar-refractivity contribution in [3.8, 4) is 0 Å². The summed E-state index contributed by atoms with van der Waals surface area (Å²) < 4.78 is 0. The maximum absolute atomic E-state index is 8.62. The molecular formula is C15H30O. The Labute approximate surface area is 102 Å². The zero-order chi connectivity index (χ0) is 11.9. The van der Waals surface area contributed by atoms with Crippen LogP contribution < -0.4 is 0 Å². The van der Waals surface area contributed by atoms with Crippen LogP contribution in [0.5, 0.6) is 0 Å². The highest BCUT2D eigenvalue weighted by Gasteiger charge is 1.91. The van der Waals surface area contributed by atoms with E-state index in [1.807, 2.05) is 0 Å². The molecule has 0 rings (SSSR count). The molecule has 0 spiro atoms. The van der Waals surface area contributed by atoms with Gasteiger partial charge in [0.25, 0.3) is 0 Å². The highest BCUT2D eigenvalue weighted by molar-refractivity contribution is 4.80. The first-order valence-corrected chi connectivity index (χ1v) is 7.17. The number of unbranched alkanes of at least 4 members (excludes halogenated alkanes) is 9. The summed E-state index contributed by atoms with van der Waals surface area (Å²) in [6.07, 6.45) is 18.8. The summed E-state index contributed by atoms with van der Waals surface area (Å²) in [5.41, 5.74) is 0. The van der Waals surface area contributed by atoms with Gasteiger partial charge in [0, 0.05) is 6.61 Å². The molecule has 0 aromatic carbocycles. The molecule has 0 saturated carbocycles. The van der Waals surface area contributed by atoms with Crippen LogP contribution in [0.2, 0.25) is 0 Å². The Balaban J connectivity index is 2.93. The Morgan fingerprint density at radius 2 is 1.19 bits per heavy atom. The molecule has 0 bridgehead atoms. The standard InChI is InChI=1S/C15H30O/c1-2-3-4-5-6-7-8-9-10-11-12-13-14-15-16/h4-5,16H,2-3,6-15H2,1H3. The van der Waals surface area contributed by atoms with E-state index in [9.17, 15) is 0 Å². The normalized spacial score (nSPS) is 11.4. The van der Waals surface area contributed by atoms with Gasteiger partial charge in [0.1, 0.15) is 0 Å². The number of rotatable bonds is 12. The van der Waals surface area contributed by atoms with E-state index < -0.39 is 0 Å². The fourth-order valence-corrected chi connectivity index (χ4v) is 1.84. The van der Waals surface area contributed by atoms with E-state index in [0.29, 0.717) is 6.61 Å². The van der Waals surface area contributed by atoms with E-state index >= 15 is 0 Å². The molecule has 0 aromatic rings. The molecule has 0 atom stereocenters. The van der Waals surface area contributed by atoms with Gasteiger partial charge in [-0.25, -0.2) is 0 Å². The molecule has 0 fully saturated rings. The van der Waals surface area contributed by atoms with Gasteiger partial charge in [0.05, 0.1) is 0 Å². The third-order valence-electron chi connectivity index (χ3n) is 2.90. The number of aliphatic hydroxyl groups is 1. The second kappa shape index (κ2) is 14.7. The molecule has 0 heterocycles. The van der Waals surface area contributed by atoms with Crippen LogP contribution in [0.1, 0.15) is 77.6 Å². The lowest BCUT2D eigenvalue weighted by Gasteiger charge is -2.00. The number of allylic oxidation sites excluding steroid dienone is 2. The van der Waals surface area contributed by atoms with E-state index in [1.165, 1.54) is 64.2 Å². The van der Waals surface area contributed by atoms with Gasteiger partial charge in [0.15, 0.2) is 0 Å². The Morgan fingerprint density at radius 3 is 1.75 bits per heavy atom. The summed E-state index contributed by atoms with van der Waals surface area (Å²) in [5.74, 6) is 0. The Hall–Kier alpha value is -0.300. The lowest BCUT2D eigenvalue weighted by atomic mass is 10.1. The van der Waals surface area contributed by atoms with Crippen LogP contribution in [-0.2, 0) is 0 Å². The molecule has 0 aromatic heterocycles. The quantitative estimate of drug-likeness (QED) is 0.373. The van der Waals surface area contributed by atoms with E-state index in [4.69, 9.17) is 5.11 Å². The van der Waals surface area contributed by atoms with Gasteiger partial charge in [-0.3, -0.25) is 0 Å². The van der Waals surface area contributed by atoms with Crippen LogP contribution in [0.15, 0.2) is 12.2 Å². The van der Waals surface area contributed by atoms with Crippen LogP contribution in [0, 0.1) is 0 Å². The van der Waals surface area contributed by atoms with Crippen molar-refractivity contribution in [2.24, 2.45) is 0 Å². The second-order valence-corrected chi connectivity index (χ2v) is 4.60. The van der Waals surface area contributed by atoms with Crippen molar-refractivity contribution in [3.05, 3.63) is 12.2 Å². The molecule has 0 aliphatic carbocycles. The maximum atomic E-state index is 8.62. The van der Waals surface area contributed by atoms with Gasteiger partial charge in [0.2, 0.25) is 0 Å². The minimum Gasteiger partial charge on any atom is -0.396 e. The average molecular weight is 226 g/mol. The molecule has 1 N–H and O–H groups in total. The van der Waals surface area contributed by atoms with E-state index in [-0.39, 0.29) is 0 Å². The van der Waals surface area contributed by atoms with Crippen LogP contribution >= 0.6 is 0 Å². The highest BCUT2D eigenvalue weighted by atomic mass is 16.2. The van der Waals surface area contributed by atoms with Gasteiger partial charge in [-0.1, -0.05) is 64.0 Å². The fourth-order valence-electron chi connectivity index (χ4n) is 1.84. The second-order valence-electron chi connectivity index (χ2n) is 4.60. The minimum atomic E-state index is 0.365. The third-order valence-corrected chi connectivity index (χ3v) is 2.90. The number of hydrogen-bond acceptors (Lipinski definition) is 1. The zero-order valence-electron chi connectivity index (χ0n) is 11.1. The van der Waals surface area contributed by atoms with Gasteiger partial charge in [-0.15, -0.1) is 0 Å². The van der Waals surface area contributed by atoms with Gasteiger partial charge >= 0.3 is 0 Å². The van der Waals surface area contributed by atoms with Crippen LogP contribution in [0.3, 0.4) is 0 Å². The summed E-state index contributed by atoms with van der Waals surface area (Å²) >= 11 is 0. The predicted octanol–water partition coefficient (Wildman–Crippen LogP) is 4.85. The average Bonchev–Trinajstić information content (AvgIpc) is 2.31. The van der Waals surface area contributed by atoms with E-state index in [2.05, 4.69) is 19.1 Å². The van der Waals surface area contributed by atoms with Crippen LogP contribution in [-0.4, -0.2) is 11.7 Å². The largest absolute Gasteiger partial charge is 0.396 e. The molecule has 96 valence electrons. The number of hydrogen-bond donors (Lipinski definition) is 1. The molecule has 0 amide bonds. The van der Waals surface area contributed by atoms with Crippen molar-refractivity contribution >= 4 is 0 Å². The van der Waals surface area contributed by atoms with Crippen molar-refractivity contribution in [1.82, 2.24) is 0 Å². The zero-order valence-corrected chi connectivity index (χ0v) is 11.1. The first kappa shape index (κ1) is 15.7. The molecule has 0 unspecified atom stereocenters. The summed E-state index contributed by atoms with van der Waals surface area (Å²) in [7, 11) is 0. The summed E-state index contributed by atoms with van der Waals surface area (Å²) in [6.45, 7) is 2.59. The van der Waals surface area contributed by atoms with Crippen molar-refractivity contribution < 1.29 is 5.11 Å². The van der Waals surface area contributed by atoms with Crippen LogP contribution in [0.25, 0.3) is 0 Å². The predicted molar refractivity (Wildman–Crippen MR) is 72.7 cm³/mol. The first-order chi connectivity index (χ1) is 7.91. The highest BCUT2D eigenvalue weighted by Crippen LogP contribution is 2.09. The molecule has 0 aliphatic rings. The van der Waals surface area contributed by atoms with Gasteiger partial charge in [-0.2, -0.15) is 0 Å². The SMILES string of the molecule is CCCC=CCCCCCCCCCCO. The smallest absolute Gasteiger partial charge is 0.0431 e. The fraction of sp³-hybridized carbons (Fsp3) is 0.867. The molecular weight excluding hydrogens is 196 g/mol. The van der Waals surface area contributed by atoms with Gasteiger partial charge in [-0.05, 0) is 25.7 Å². The first-order valence-electron chi connectivity index (χ1n) is 7.17. The van der Waals surface area contributed by atoms with Crippen molar-refractivity contribution in [2.45, 2.75) is 77.6 Å². The van der Waals surface area contributed by atoms with Crippen molar-refractivity contribution in [2.75, 3.05) is 6.61 Å². The molecule has 16 heavy (non-hydrogen) atoms. The molecule has 0 saturated heterocycles. The summed E-state index contributed by atoms with van der Waals surface area (Å²) in [4.78, 5) is 0. The molecule has 1 nitrogen and oxygen atoms in total. The lowest BCUT2D eigenvalue weighted by molar-refractivity contribution is 0.282. The Bertz CT molecular complexity index is 140. The summed E-state index contributed by atoms with van der Waals surface area (Å²) in [6, 6.07) is 0. The monoisotopic (exact) mass is 226 g/mol. The van der Waals surface area contributed by atoms with Crippen molar-refractivity contribution in [1.29, 1.82) is 0 Å². The maximum Gasteiger partial charge on any atom is 0.0431 e. The van der Waals surface area contributed by atoms with Gasteiger partial charge < -0.3 is 5.11 Å². The minimum absolute atomic E-state index is 0.365. The number of aliphatic hydroxyl groups excluding tert-OH is 1. The Morgan fingerprint density at radius 1 is 0.688 bits per heavy atom. The Kier molecular flexibility index (Phi) is 14.4. The molecule has 1 heteroatoms. The van der Waals surface area contributed by atoms with Crippen molar-refractivity contribution in [3.63, 3.8) is 0 Å². The lowest BCUT2D eigenvalue weighted by Crippen LogP contribution is -1.84. The van der Waals surface area contributed by atoms with E-state index in [1.54, 1.807) is 0 Å². The molecule has 0 aliphatic heterocycles. The topological polar surface area (TPSA) is 20.2 Å². The molecule has 0 radical (unpaired) electrons. The summed E-state index contributed by atoms with van der Waals surface area (Å²) in [5, 5.41) is 8.62. The van der Waals surface area contributed by atoms with E-state index in [0.717, 1.165) is 6.42 Å². The third kappa shape index (κ3) is 13.7.